The second-order valence-electron chi connectivity index (χ2n) is 3.22. The lowest BCUT2D eigenvalue weighted by Gasteiger charge is -2.13. The van der Waals surface area contributed by atoms with Crippen LogP contribution in [-0.4, -0.2) is 23.6 Å². The minimum Gasteiger partial charge on any atom is -0.462 e. The van der Waals surface area contributed by atoms with E-state index in [4.69, 9.17) is 4.74 Å². The number of ether oxygens (including phenoxy) is 1. The van der Waals surface area contributed by atoms with Crippen molar-refractivity contribution in [1.82, 2.24) is 0 Å². The van der Waals surface area contributed by atoms with Gasteiger partial charge < -0.3 is 4.74 Å². The summed E-state index contributed by atoms with van der Waals surface area (Å²) in [6.07, 6.45) is 6.70. The standard InChI is InChI=1S/C9H16O2S.H2/c1-7(12-2)9(10)11-8-5-3-4-6-8;/h7-8H,3-6H2,1-2H3;1H. The van der Waals surface area contributed by atoms with Gasteiger partial charge in [-0.05, 0) is 38.9 Å². The number of carbonyl (C=O) groups is 1. The van der Waals surface area contributed by atoms with E-state index in [0.717, 1.165) is 12.8 Å². The highest BCUT2D eigenvalue weighted by atomic mass is 32.2. The van der Waals surface area contributed by atoms with Gasteiger partial charge in [-0.3, -0.25) is 4.79 Å². The molecule has 1 rings (SSSR count). The lowest BCUT2D eigenvalue weighted by Crippen LogP contribution is -2.22. The summed E-state index contributed by atoms with van der Waals surface area (Å²) >= 11 is 1.54. The molecule has 0 saturated heterocycles. The van der Waals surface area contributed by atoms with Crippen LogP contribution in [0.5, 0.6) is 0 Å². The van der Waals surface area contributed by atoms with E-state index in [1.165, 1.54) is 12.8 Å². The first-order valence-electron chi connectivity index (χ1n) is 4.47. The predicted octanol–water partition coefficient (Wildman–Crippen LogP) is 2.47. The van der Waals surface area contributed by atoms with E-state index in [0.29, 0.717) is 0 Å². The maximum absolute atomic E-state index is 11.3. The fourth-order valence-corrected chi connectivity index (χ4v) is 1.61. The Hall–Kier alpha value is -0.180. The Kier molecular flexibility index (Phi) is 3.92. The molecule has 0 N–H and O–H groups in total. The SMILES string of the molecule is CSC(C)C(=O)OC1CCCC1.[HH]. The molecule has 1 aliphatic carbocycles. The first-order chi connectivity index (χ1) is 5.74. The maximum atomic E-state index is 11.3. The van der Waals surface area contributed by atoms with Gasteiger partial charge in [0.2, 0.25) is 0 Å². The van der Waals surface area contributed by atoms with Gasteiger partial charge in [-0.15, -0.1) is 0 Å². The number of esters is 1. The van der Waals surface area contributed by atoms with Crippen molar-refractivity contribution in [2.75, 3.05) is 6.26 Å². The Balaban J connectivity index is 0.00000144. The molecule has 0 bridgehead atoms. The van der Waals surface area contributed by atoms with Gasteiger partial charge in [0.15, 0.2) is 0 Å². The molecule has 1 atom stereocenters. The van der Waals surface area contributed by atoms with Crippen molar-refractivity contribution in [3.63, 3.8) is 0 Å². The molecule has 0 amide bonds. The van der Waals surface area contributed by atoms with Crippen molar-refractivity contribution in [1.29, 1.82) is 0 Å². The van der Waals surface area contributed by atoms with Crippen molar-refractivity contribution in [3.05, 3.63) is 0 Å². The minimum absolute atomic E-state index is 0. The number of hydrogen-bond acceptors (Lipinski definition) is 3. The Morgan fingerprint density at radius 3 is 2.67 bits per heavy atom. The highest BCUT2D eigenvalue weighted by Crippen LogP contribution is 2.22. The molecule has 0 radical (unpaired) electrons. The number of carbonyl (C=O) groups excluding carboxylic acids is 1. The third-order valence-electron chi connectivity index (χ3n) is 2.27. The van der Waals surface area contributed by atoms with Crippen LogP contribution in [0, 0.1) is 0 Å². The van der Waals surface area contributed by atoms with Gasteiger partial charge >= 0.3 is 5.97 Å². The zero-order valence-corrected chi connectivity index (χ0v) is 8.52. The highest BCUT2D eigenvalue weighted by molar-refractivity contribution is 7.99. The Labute approximate surface area is 79.5 Å². The average Bonchev–Trinajstić information content (AvgIpc) is 2.55. The van der Waals surface area contributed by atoms with Crippen molar-refractivity contribution < 1.29 is 11.0 Å². The van der Waals surface area contributed by atoms with Crippen LogP contribution < -0.4 is 0 Å². The monoisotopic (exact) mass is 190 g/mol. The smallest absolute Gasteiger partial charge is 0.319 e. The molecule has 1 fully saturated rings. The lowest BCUT2D eigenvalue weighted by atomic mass is 10.3. The maximum Gasteiger partial charge on any atom is 0.319 e. The molecule has 12 heavy (non-hydrogen) atoms. The largest absolute Gasteiger partial charge is 0.462 e. The summed E-state index contributed by atoms with van der Waals surface area (Å²) in [6.45, 7) is 1.89. The molecule has 0 aromatic rings. The van der Waals surface area contributed by atoms with E-state index in [-0.39, 0.29) is 18.7 Å². The molecule has 1 aliphatic rings. The molecule has 1 unspecified atom stereocenters. The van der Waals surface area contributed by atoms with Crippen LogP contribution in [0.2, 0.25) is 0 Å². The van der Waals surface area contributed by atoms with Gasteiger partial charge in [0.1, 0.15) is 6.10 Å². The first-order valence-corrected chi connectivity index (χ1v) is 5.76. The van der Waals surface area contributed by atoms with Crippen LogP contribution in [-0.2, 0) is 9.53 Å². The molecular weight excluding hydrogens is 172 g/mol. The summed E-state index contributed by atoms with van der Waals surface area (Å²) in [5.41, 5.74) is 0. The summed E-state index contributed by atoms with van der Waals surface area (Å²) in [6, 6.07) is 0. The van der Waals surface area contributed by atoms with E-state index < -0.39 is 0 Å². The zero-order chi connectivity index (χ0) is 8.97. The van der Waals surface area contributed by atoms with Crippen molar-refractivity contribution in [3.8, 4) is 0 Å². The highest BCUT2D eigenvalue weighted by Gasteiger charge is 2.21. The summed E-state index contributed by atoms with van der Waals surface area (Å²) in [5, 5.41) is -0.00870. The van der Waals surface area contributed by atoms with Crippen LogP contribution in [0.15, 0.2) is 0 Å². The third kappa shape index (κ3) is 2.70. The molecular formula is C9H18O2S. The van der Waals surface area contributed by atoms with Gasteiger partial charge in [-0.1, -0.05) is 0 Å². The second kappa shape index (κ2) is 4.75. The minimum atomic E-state index is -0.0469. The quantitative estimate of drug-likeness (QED) is 0.639. The van der Waals surface area contributed by atoms with Gasteiger partial charge in [0.25, 0.3) is 0 Å². The second-order valence-corrected chi connectivity index (χ2v) is 4.40. The lowest BCUT2D eigenvalue weighted by molar-refractivity contribution is -0.147. The van der Waals surface area contributed by atoms with E-state index in [1.807, 2.05) is 13.2 Å². The summed E-state index contributed by atoms with van der Waals surface area (Å²) < 4.78 is 5.30. The molecule has 2 nitrogen and oxygen atoms in total. The van der Waals surface area contributed by atoms with Gasteiger partial charge in [-0.2, -0.15) is 11.8 Å². The van der Waals surface area contributed by atoms with Crippen molar-refractivity contribution in [2.24, 2.45) is 0 Å². The number of hydrogen-bond donors (Lipinski definition) is 0. The Morgan fingerprint density at radius 1 is 1.58 bits per heavy atom. The molecule has 0 aromatic heterocycles. The van der Waals surface area contributed by atoms with E-state index in [2.05, 4.69) is 0 Å². The number of rotatable bonds is 3. The van der Waals surface area contributed by atoms with Gasteiger partial charge in [0.05, 0.1) is 5.25 Å². The van der Waals surface area contributed by atoms with Gasteiger partial charge in [-0.25, -0.2) is 0 Å². The summed E-state index contributed by atoms with van der Waals surface area (Å²) in [7, 11) is 0. The molecule has 0 heterocycles. The van der Waals surface area contributed by atoms with Crippen molar-refractivity contribution in [2.45, 2.75) is 44.0 Å². The Bertz CT molecular complexity index is 158. The van der Waals surface area contributed by atoms with Crippen LogP contribution in [0.1, 0.15) is 34.0 Å². The molecule has 0 aliphatic heterocycles. The van der Waals surface area contributed by atoms with Crippen LogP contribution in [0.3, 0.4) is 0 Å². The van der Waals surface area contributed by atoms with Gasteiger partial charge in [0, 0.05) is 1.43 Å². The average molecular weight is 190 g/mol. The first kappa shape index (κ1) is 9.90. The fraction of sp³-hybridized carbons (Fsp3) is 0.889. The Morgan fingerprint density at radius 2 is 2.17 bits per heavy atom. The third-order valence-corrected chi connectivity index (χ3v) is 3.17. The summed E-state index contributed by atoms with van der Waals surface area (Å²) in [4.78, 5) is 11.3. The van der Waals surface area contributed by atoms with Crippen LogP contribution in [0.4, 0.5) is 0 Å². The number of thioether (sulfide) groups is 1. The normalized spacial score (nSPS) is 20.8. The van der Waals surface area contributed by atoms with Crippen molar-refractivity contribution >= 4 is 17.7 Å². The van der Waals surface area contributed by atoms with Crippen LogP contribution >= 0.6 is 11.8 Å². The zero-order valence-electron chi connectivity index (χ0n) is 7.71. The topological polar surface area (TPSA) is 26.3 Å². The molecule has 0 spiro atoms. The van der Waals surface area contributed by atoms with Crippen LogP contribution in [0.25, 0.3) is 0 Å². The summed E-state index contributed by atoms with van der Waals surface area (Å²) in [5.74, 6) is -0.0469. The molecule has 72 valence electrons. The van der Waals surface area contributed by atoms with E-state index in [1.54, 1.807) is 11.8 Å². The van der Waals surface area contributed by atoms with E-state index in [9.17, 15) is 4.79 Å². The predicted molar refractivity (Wildman–Crippen MR) is 53.4 cm³/mol. The fourth-order valence-electron chi connectivity index (χ4n) is 1.36. The van der Waals surface area contributed by atoms with E-state index >= 15 is 0 Å². The molecule has 3 heteroatoms. The molecule has 1 saturated carbocycles. The molecule has 0 aromatic carbocycles.